The van der Waals surface area contributed by atoms with E-state index in [4.69, 9.17) is 0 Å². The van der Waals surface area contributed by atoms with Crippen molar-refractivity contribution in [3.63, 3.8) is 0 Å². The highest BCUT2D eigenvalue weighted by Crippen LogP contribution is 2.10. The Bertz CT molecular complexity index is 556. The topological polar surface area (TPSA) is 55.0 Å². The van der Waals surface area contributed by atoms with Crippen LogP contribution in [0.4, 0.5) is 8.78 Å². The molecule has 16 heavy (non-hydrogen) atoms. The SMILES string of the molecule is O=c1[nH]c2ccccc2nc1OC(F)CF. The van der Waals surface area contributed by atoms with Crippen LogP contribution in [0.15, 0.2) is 29.1 Å². The van der Waals surface area contributed by atoms with Gasteiger partial charge in [-0.25, -0.2) is 9.37 Å². The number of aromatic amines is 1. The van der Waals surface area contributed by atoms with Crippen molar-refractivity contribution in [3.8, 4) is 5.88 Å². The molecule has 0 aliphatic rings. The van der Waals surface area contributed by atoms with E-state index in [1.54, 1.807) is 24.3 Å². The van der Waals surface area contributed by atoms with Crippen LogP contribution in [0.5, 0.6) is 5.88 Å². The third-order valence-corrected chi connectivity index (χ3v) is 1.93. The van der Waals surface area contributed by atoms with Crippen LogP contribution in [-0.2, 0) is 0 Å². The maximum Gasteiger partial charge on any atom is 0.311 e. The van der Waals surface area contributed by atoms with E-state index in [1.807, 2.05) is 0 Å². The highest BCUT2D eigenvalue weighted by Gasteiger charge is 2.12. The third-order valence-electron chi connectivity index (χ3n) is 1.93. The number of nitrogens with zero attached hydrogens (tertiary/aromatic N) is 1. The zero-order chi connectivity index (χ0) is 11.5. The number of nitrogens with one attached hydrogen (secondary N) is 1. The first kappa shape index (κ1) is 10.5. The molecule has 1 atom stereocenters. The fourth-order valence-electron chi connectivity index (χ4n) is 1.25. The number of halogens is 2. The molecule has 0 radical (unpaired) electrons. The highest BCUT2D eigenvalue weighted by atomic mass is 19.2. The second-order valence-corrected chi connectivity index (χ2v) is 3.07. The molecular formula is C10H8F2N2O2. The minimum absolute atomic E-state index is 0.447. The fourth-order valence-corrected chi connectivity index (χ4v) is 1.25. The van der Waals surface area contributed by atoms with Gasteiger partial charge >= 0.3 is 5.56 Å². The predicted octanol–water partition coefficient (Wildman–Crippen LogP) is 1.57. The van der Waals surface area contributed by atoms with Gasteiger partial charge < -0.3 is 9.72 Å². The van der Waals surface area contributed by atoms with Crippen LogP contribution in [0.25, 0.3) is 11.0 Å². The van der Waals surface area contributed by atoms with Crippen molar-refractivity contribution in [2.24, 2.45) is 0 Å². The molecule has 1 N–H and O–H groups in total. The Labute approximate surface area is 88.9 Å². The molecule has 0 bridgehead atoms. The first-order valence-corrected chi connectivity index (χ1v) is 4.56. The number of para-hydroxylation sites is 2. The van der Waals surface area contributed by atoms with Gasteiger partial charge in [-0.3, -0.25) is 4.79 Å². The van der Waals surface area contributed by atoms with Gasteiger partial charge in [0.05, 0.1) is 11.0 Å². The Hall–Kier alpha value is -1.98. The van der Waals surface area contributed by atoms with Gasteiger partial charge in [-0.15, -0.1) is 0 Å². The largest absolute Gasteiger partial charge is 0.436 e. The summed E-state index contributed by atoms with van der Waals surface area (Å²) in [6.45, 7) is -1.33. The lowest BCUT2D eigenvalue weighted by Gasteiger charge is -2.06. The Kier molecular flexibility index (Phi) is 2.80. The number of hydrogen-bond acceptors (Lipinski definition) is 3. The van der Waals surface area contributed by atoms with E-state index in [0.29, 0.717) is 11.0 Å². The van der Waals surface area contributed by atoms with Crippen molar-refractivity contribution < 1.29 is 13.5 Å². The molecular weight excluding hydrogens is 218 g/mol. The first-order valence-electron chi connectivity index (χ1n) is 4.56. The van der Waals surface area contributed by atoms with E-state index in [1.165, 1.54) is 0 Å². The maximum absolute atomic E-state index is 12.6. The van der Waals surface area contributed by atoms with Crippen LogP contribution < -0.4 is 10.3 Å². The molecule has 0 aliphatic carbocycles. The highest BCUT2D eigenvalue weighted by molar-refractivity contribution is 5.73. The number of alkyl halides is 2. The molecule has 0 fully saturated rings. The number of ether oxygens (including phenoxy) is 1. The summed E-state index contributed by atoms with van der Waals surface area (Å²) in [5.74, 6) is -0.469. The van der Waals surface area contributed by atoms with Gasteiger partial charge in [0.15, 0.2) is 6.67 Å². The molecule has 84 valence electrons. The van der Waals surface area contributed by atoms with Gasteiger partial charge in [0, 0.05) is 0 Å². The molecule has 2 rings (SSSR count). The smallest absolute Gasteiger partial charge is 0.311 e. The minimum Gasteiger partial charge on any atom is -0.436 e. The second kappa shape index (κ2) is 4.26. The van der Waals surface area contributed by atoms with E-state index in [0.717, 1.165) is 0 Å². The van der Waals surface area contributed by atoms with Crippen LogP contribution in [-0.4, -0.2) is 23.0 Å². The van der Waals surface area contributed by atoms with E-state index in [9.17, 15) is 13.6 Å². The van der Waals surface area contributed by atoms with Crippen molar-refractivity contribution in [1.29, 1.82) is 0 Å². The minimum atomic E-state index is -2.17. The molecule has 0 spiro atoms. The van der Waals surface area contributed by atoms with Crippen LogP contribution in [0.3, 0.4) is 0 Å². The molecule has 1 aromatic carbocycles. The zero-order valence-electron chi connectivity index (χ0n) is 8.11. The summed E-state index contributed by atoms with van der Waals surface area (Å²) in [6, 6.07) is 6.70. The predicted molar refractivity (Wildman–Crippen MR) is 53.9 cm³/mol. The summed E-state index contributed by atoms with van der Waals surface area (Å²) < 4.78 is 28.9. The molecule has 0 saturated heterocycles. The van der Waals surface area contributed by atoms with Crippen LogP contribution >= 0.6 is 0 Å². The molecule has 0 aliphatic heterocycles. The molecule has 0 amide bonds. The average molecular weight is 226 g/mol. The summed E-state index contributed by atoms with van der Waals surface area (Å²) in [4.78, 5) is 17.6. The lowest BCUT2D eigenvalue weighted by Crippen LogP contribution is -2.20. The van der Waals surface area contributed by atoms with E-state index in [-0.39, 0.29) is 0 Å². The van der Waals surface area contributed by atoms with Gasteiger partial charge in [0.25, 0.3) is 12.2 Å². The van der Waals surface area contributed by atoms with E-state index in [2.05, 4.69) is 14.7 Å². The van der Waals surface area contributed by atoms with Gasteiger partial charge in [-0.1, -0.05) is 12.1 Å². The number of hydrogen-bond donors (Lipinski definition) is 1. The first-order chi connectivity index (χ1) is 7.70. The van der Waals surface area contributed by atoms with E-state index >= 15 is 0 Å². The molecule has 6 heteroatoms. The molecule has 1 unspecified atom stereocenters. The van der Waals surface area contributed by atoms with Gasteiger partial charge in [-0.05, 0) is 12.1 Å². The molecule has 4 nitrogen and oxygen atoms in total. The number of aromatic nitrogens is 2. The lowest BCUT2D eigenvalue weighted by molar-refractivity contribution is 0.0382. The van der Waals surface area contributed by atoms with Crippen molar-refractivity contribution in [2.45, 2.75) is 6.36 Å². The summed E-state index contributed by atoms with van der Waals surface area (Å²) in [7, 11) is 0. The van der Waals surface area contributed by atoms with Crippen LogP contribution in [0.1, 0.15) is 0 Å². The number of fused-ring (bicyclic) bond motifs is 1. The Morgan fingerprint density at radius 3 is 2.94 bits per heavy atom. The summed E-state index contributed by atoms with van der Waals surface area (Å²) in [5, 5.41) is 0. The standard InChI is InChI=1S/C10H8F2N2O2/c11-5-8(12)16-10-9(15)13-6-3-1-2-4-7(6)14-10/h1-4,8H,5H2,(H,13,15). The number of rotatable bonds is 3. The summed E-state index contributed by atoms with van der Waals surface area (Å²) in [6.07, 6.45) is -2.17. The second-order valence-electron chi connectivity index (χ2n) is 3.07. The van der Waals surface area contributed by atoms with E-state index < -0.39 is 24.5 Å². The lowest BCUT2D eigenvalue weighted by atomic mass is 10.3. The van der Waals surface area contributed by atoms with Crippen LogP contribution in [0, 0.1) is 0 Å². The monoisotopic (exact) mass is 226 g/mol. The molecule has 1 aromatic heterocycles. The quantitative estimate of drug-likeness (QED) is 0.864. The van der Waals surface area contributed by atoms with Crippen molar-refractivity contribution in [2.75, 3.05) is 6.67 Å². The zero-order valence-corrected chi connectivity index (χ0v) is 8.11. The fraction of sp³-hybridized carbons (Fsp3) is 0.200. The number of H-pyrrole nitrogens is 1. The van der Waals surface area contributed by atoms with Crippen molar-refractivity contribution >= 4 is 11.0 Å². The molecule has 0 saturated carbocycles. The third kappa shape index (κ3) is 2.00. The summed E-state index contributed by atoms with van der Waals surface area (Å²) in [5.41, 5.74) is 0.272. The molecule has 1 heterocycles. The van der Waals surface area contributed by atoms with Crippen molar-refractivity contribution in [1.82, 2.24) is 9.97 Å². The van der Waals surface area contributed by atoms with Crippen LogP contribution in [0.2, 0.25) is 0 Å². The normalized spacial score (nSPS) is 12.6. The van der Waals surface area contributed by atoms with Gasteiger partial charge in [0.1, 0.15) is 0 Å². The van der Waals surface area contributed by atoms with Gasteiger partial charge in [-0.2, -0.15) is 4.39 Å². The Morgan fingerprint density at radius 2 is 2.19 bits per heavy atom. The average Bonchev–Trinajstić information content (AvgIpc) is 2.30. The Morgan fingerprint density at radius 1 is 1.44 bits per heavy atom. The summed E-state index contributed by atoms with van der Waals surface area (Å²) >= 11 is 0. The van der Waals surface area contributed by atoms with Crippen molar-refractivity contribution in [3.05, 3.63) is 34.6 Å². The Balaban J connectivity index is 2.46. The molecule has 2 aromatic rings. The maximum atomic E-state index is 12.6. The van der Waals surface area contributed by atoms with Gasteiger partial charge in [0.2, 0.25) is 0 Å². The number of benzene rings is 1.